The van der Waals surface area contributed by atoms with Crippen molar-refractivity contribution in [2.45, 2.75) is 46.7 Å². The number of nitrogens with one attached hydrogen (secondary N) is 1. The van der Waals surface area contributed by atoms with Crippen LogP contribution in [0.3, 0.4) is 0 Å². The van der Waals surface area contributed by atoms with Crippen LogP contribution in [-0.4, -0.2) is 41.9 Å². The molecule has 1 unspecified atom stereocenters. The lowest BCUT2D eigenvalue weighted by atomic mass is 10.2. The molecule has 0 bridgehead atoms. The van der Waals surface area contributed by atoms with Crippen molar-refractivity contribution in [1.29, 1.82) is 0 Å². The number of nitrogens with zero attached hydrogens (tertiary/aromatic N) is 1. The summed E-state index contributed by atoms with van der Waals surface area (Å²) in [6.45, 7) is 12.1. The first-order valence-electron chi connectivity index (χ1n) is 5.99. The Morgan fingerprint density at radius 1 is 1.19 bits per heavy atom. The van der Waals surface area contributed by atoms with E-state index in [9.17, 15) is 4.79 Å². The minimum Gasteiger partial charge on any atom is -0.355 e. The smallest absolute Gasteiger partial charge is 0.224 e. The lowest BCUT2D eigenvalue weighted by molar-refractivity contribution is -0.123. The van der Waals surface area contributed by atoms with E-state index in [-0.39, 0.29) is 11.8 Å². The zero-order valence-electron chi connectivity index (χ0n) is 11.1. The molecule has 0 saturated heterocycles. The normalized spacial score (nSPS) is 13.6. The summed E-state index contributed by atoms with van der Waals surface area (Å²) in [4.78, 5) is 13.8. The number of rotatable bonds is 7. The summed E-state index contributed by atoms with van der Waals surface area (Å²) >= 11 is 5.62. The van der Waals surface area contributed by atoms with Gasteiger partial charge >= 0.3 is 0 Å². The Hall–Kier alpha value is -0.280. The van der Waals surface area contributed by atoms with Crippen molar-refractivity contribution in [2.24, 2.45) is 5.92 Å². The molecule has 0 aliphatic heterocycles. The van der Waals surface area contributed by atoms with Crippen LogP contribution in [0.5, 0.6) is 0 Å². The molecule has 0 aromatic heterocycles. The molecule has 3 nitrogen and oxygen atoms in total. The van der Waals surface area contributed by atoms with Gasteiger partial charge in [-0.1, -0.05) is 6.92 Å². The standard InChI is InChI=1S/C12H25ClN2O/c1-9(2)15(10(3)4)7-6-14-12(16)11(5)8-13/h9-11H,6-8H2,1-5H3,(H,14,16). The average Bonchev–Trinajstić information content (AvgIpc) is 2.21. The predicted octanol–water partition coefficient (Wildman–Crippen LogP) is 2.10. The van der Waals surface area contributed by atoms with Crippen molar-refractivity contribution in [1.82, 2.24) is 10.2 Å². The molecule has 0 aliphatic carbocycles. The number of carbonyl (C=O) groups is 1. The molecule has 0 radical (unpaired) electrons. The number of amides is 1. The lowest BCUT2D eigenvalue weighted by Crippen LogP contribution is -2.43. The number of hydrogen-bond donors (Lipinski definition) is 1. The van der Waals surface area contributed by atoms with E-state index >= 15 is 0 Å². The molecule has 0 heterocycles. The van der Waals surface area contributed by atoms with E-state index in [4.69, 9.17) is 11.6 Å². The third kappa shape index (κ3) is 5.71. The third-order valence-corrected chi connectivity index (χ3v) is 3.14. The number of alkyl halides is 1. The highest BCUT2D eigenvalue weighted by atomic mass is 35.5. The Morgan fingerprint density at radius 3 is 2.06 bits per heavy atom. The number of hydrogen-bond acceptors (Lipinski definition) is 2. The fraction of sp³-hybridized carbons (Fsp3) is 0.917. The van der Waals surface area contributed by atoms with Crippen molar-refractivity contribution in [3.63, 3.8) is 0 Å². The van der Waals surface area contributed by atoms with Gasteiger partial charge in [-0.3, -0.25) is 9.69 Å². The minimum atomic E-state index is -0.104. The topological polar surface area (TPSA) is 32.3 Å². The van der Waals surface area contributed by atoms with Gasteiger partial charge in [0.05, 0.1) is 0 Å². The quantitative estimate of drug-likeness (QED) is 0.700. The van der Waals surface area contributed by atoms with E-state index in [2.05, 4.69) is 37.9 Å². The van der Waals surface area contributed by atoms with Crippen LogP contribution in [0.2, 0.25) is 0 Å². The Kier molecular flexibility index (Phi) is 7.77. The van der Waals surface area contributed by atoms with Crippen LogP contribution in [0, 0.1) is 5.92 Å². The molecular formula is C12H25ClN2O. The molecule has 1 N–H and O–H groups in total. The van der Waals surface area contributed by atoms with Crippen LogP contribution >= 0.6 is 11.6 Å². The van der Waals surface area contributed by atoms with Crippen molar-refractivity contribution in [2.75, 3.05) is 19.0 Å². The van der Waals surface area contributed by atoms with Crippen LogP contribution < -0.4 is 5.32 Å². The van der Waals surface area contributed by atoms with E-state index < -0.39 is 0 Å². The van der Waals surface area contributed by atoms with Crippen molar-refractivity contribution >= 4 is 17.5 Å². The zero-order valence-corrected chi connectivity index (χ0v) is 11.8. The van der Waals surface area contributed by atoms with Gasteiger partial charge in [0.15, 0.2) is 0 Å². The Morgan fingerprint density at radius 2 is 1.69 bits per heavy atom. The van der Waals surface area contributed by atoms with Crippen molar-refractivity contribution in [3.8, 4) is 0 Å². The van der Waals surface area contributed by atoms with E-state index in [1.807, 2.05) is 6.92 Å². The predicted molar refractivity (Wildman–Crippen MR) is 69.9 cm³/mol. The second-order valence-electron chi connectivity index (χ2n) is 4.77. The molecule has 1 amide bonds. The second-order valence-corrected chi connectivity index (χ2v) is 5.08. The Balaban J connectivity index is 3.91. The van der Waals surface area contributed by atoms with Gasteiger partial charge in [-0.05, 0) is 27.7 Å². The summed E-state index contributed by atoms with van der Waals surface area (Å²) in [6, 6.07) is 1.00. The molecule has 0 aliphatic rings. The third-order valence-electron chi connectivity index (χ3n) is 2.67. The first-order chi connectivity index (χ1) is 7.40. The summed E-state index contributed by atoms with van der Waals surface area (Å²) in [5, 5.41) is 2.91. The van der Waals surface area contributed by atoms with Crippen LogP contribution in [0.1, 0.15) is 34.6 Å². The monoisotopic (exact) mass is 248 g/mol. The van der Waals surface area contributed by atoms with Gasteiger partial charge in [-0.15, -0.1) is 11.6 Å². The van der Waals surface area contributed by atoms with Gasteiger partial charge in [0.25, 0.3) is 0 Å². The van der Waals surface area contributed by atoms with Gasteiger partial charge in [-0.2, -0.15) is 0 Å². The highest BCUT2D eigenvalue weighted by molar-refractivity contribution is 6.19. The summed E-state index contributed by atoms with van der Waals surface area (Å²) in [7, 11) is 0. The molecule has 0 aromatic rings. The highest BCUT2D eigenvalue weighted by Gasteiger charge is 2.14. The molecule has 4 heteroatoms. The maximum atomic E-state index is 11.5. The highest BCUT2D eigenvalue weighted by Crippen LogP contribution is 2.03. The van der Waals surface area contributed by atoms with Gasteiger partial charge in [0, 0.05) is 37.0 Å². The molecule has 1 atom stereocenters. The summed E-state index contributed by atoms with van der Waals surface area (Å²) < 4.78 is 0. The van der Waals surface area contributed by atoms with Gasteiger partial charge in [0.2, 0.25) is 5.91 Å². The molecular weight excluding hydrogens is 224 g/mol. The average molecular weight is 249 g/mol. The summed E-state index contributed by atoms with van der Waals surface area (Å²) in [5.41, 5.74) is 0. The van der Waals surface area contributed by atoms with Crippen LogP contribution in [0.25, 0.3) is 0 Å². The van der Waals surface area contributed by atoms with Gasteiger partial charge in [-0.25, -0.2) is 0 Å². The largest absolute Gasteiger partial charge is 0.355 e. The number of carbonyl (C=O) groups excluding carboxylic acids is 1. The Bertz CT molecular complexity index is 199. The second kappa shape index (κ2) is 7.91. The molecule has 16 heavy (non-hydrogen) atoms. The maximum Gasteiger partial charge on any atom is 0.224 e. The lowest BCUT2D eigenvalue weighted by Gasteiger charge is -2.30. The Labute approximate surface area is 105 Å². The van der Waals surface area contributed by atoms with E-state index in [0.29, 0.717) is 24.5 Å². The van der Waals surface area contributed by atoms with E-state index in [1.165, 1.54) is 0 Å². The molecule has 0 aromatic carbocycles. The molecule has 0 spiro atoms. The summed E-state index contributed by atoms with van der Waals surface area (Å²) in [6.07, 6.45) is 0. The first-order valence-corrected chi connectivity index (χ1v) is 6.53. The van der Waals surface area contributed by atoms with Crippen LogP contribution in [-0.2, 0) is 4.79 Å². The molecule has 0 saturated carbocycles. The van der Waals surface area contributed by atoms with Crippen molar-refractivity contribution in [3.05, 3.63) is 0 Å². The van der Waals surface area contributed by atoms with Gasteiger partial charge < -0.3 is 5.32 Å². The van der Waals surface area contributed by atoms with Crippen LogP contribution in [0.4, 0.5) is 0 Å². The van der Waals surface area contributed by atoms with E-state index in [0.717, 1.165) is 6.54 Å². The minimum absolute atomic E-state index is 0.0439. The number of halogens is 1. The fourth-order valence-electron chi connectivity index (χ4n) is 1.67. The molecule has 0 rings (SSSR count). The van der Waals surface area contributed by atoms with E-state index in [1.54, 1.807) is 0 Å². The molecule has 0 fully saturated rings. The fourth-order valence-corrected chi connectivity index (χ4v) is 1.81. The SMILES string of the molecule is CC(CCl)C(=O)NCCN(C(C)C)C(C)C. The first kappa shape index (κ1) is 15.7. The molecule has 96 valence electrons. The zero-order chi connectivity index (χ0) is 12.7. The van der Waals surface area contributed by atoms with Crippen LogP contribution in [0.15, 0.2) is 0 Å². The van der Waals surface area contributed by atoms with Crippen molar-refractivity contribution < 1.29 is 4.79 Å². The maximum absolute atomic E-state index is 11.5. The van der Waals surface area contributed by atoms with Gasteiger partial charge in [0.1, 0.15) is 0 Å². The summed E-state index contributed by atoms with van der Waals surface area (Å²) in [5.74, 6) is 0.319.